The minimum Gasteiger partial charge on any atom is -0.351 e. The molecule has 6 nitrogen and oxygen atoms in total. The molecule has 2 heterocycles. The van der Waals surface area contributed by atoms with Crippen LogP contribution in [0.25, 0.3) is 22.1 Å². The van der Waals surface area contributed by atoms with Crippen LogP contribution in [0.2, 0.25) is 0 Å². The number of carbonyl (C=O) groups excluding carboxylic acids is 1. The molecule has 1 unspecified atom stereocenters. The molecule has 11 heteroatoms. The van der Waals surface area contributed by atoms with Gasteiger partial charge in [-0.25, -0.2) is 9.37 Å². The van der Waals surface area contributed by atoms with Crippen molar-refractivity contribution in [3.8, 4) is 0 Å². The fourth-order valence-electron chi connectivity index (χ4n) is 4.26. The van der Waals surface area contributed by atoms with E-state index in [0.29, 0.717) is 22.3 Å². The molecule has 0 saturated heterocycles. The van der Waals surface area contributed by atoms with Gasteiger partial charge in [0.05, 0.1) is 22.9 Å². The van der Waals surface area contributed by atoms with E-state index in [4.69, 9.17) is 0 Å². The fraction of sp³-hybridized carbons (Fsp3) is 0.214. The van der Waals surface area contributed by atoms with E-state index in [9.17, 15) is 22.4 Å². The van der Waals surface area contributed by atoms with E-state index in [1.807, 2.05) is 29.7 Å². The van der Waals surface area contributed by atoms with Gasteiger partial charge in [-0.2, -0.15) is 13.2 Å². The highest BCUT2D eigenvalue weighted by Gasteiger charge is 2.30. The molecule has 0 aliphatic heterocycles. The maximum Gasteiger partial charge on any atom is 0.416 e. The first-order valence-corrected chi connectivity index (χ1v) is 13.0. The topological polar surface area (TPSA) is 72.7 Å². The van der Waals surface area contributed by atoms with E-state index >= 15 is 0 Å². The molecule has 0 saturated carbocycles. The van der Waals surface area contributed by atoms with Crippen molar-refractivity contribution < 1.29 is 22.4 Å². The second kappa shape index (κ2) is 10.6. The van der Waals surface area contributed by atoms with Crippen LogP contribution in [0.4, 0.5) is 17.6 Å². The first-order valence-electron chi connectivity index (χ1n) is 12.1. The van der Waals surface area contributed by atoms with E-state index in [-0.39, 0.29) is 30.0 Å². The summed E-state index contributed by atoms with van der Waals surface area (Å²) in [6.45, 7) is 3.79. The Morgan fingerprint density at radius 2 is 1.85 bits per heavy atom. The van der Waals surface area contributed by atoms with Crippen molar-refractivity contribution in [2.45, 2.75) is 43.5 Å². The molecule has 2 aromatic heterocycles. The second-order valence-electron chi connectivity index (χ2n) is 9.14. The molecule has 5 aromatic rings. The lowest BCUT2D eigenvalue weighted by atomic mass is 10.1. The zero-order valence-electron chi connectivity index (χ0n) is 21.0. The number of alkyl halides is 3. The molecule has 39 heavy (non-hydrogen) atoms. The van der Waals surface area contributed by atoms with Crippen molar-refractivity contribution in [1.82, 2.24) is 25.1 Å². The summed E-state index contributed by atoms with van der Waals surface area (Å²) in [4.78, 5) is 17.4. The summed E-state index contributed by atoms with van der Waals surface area (Å²) in [6.07, 6.45) is -4.46. The average Bonchev–Trinajstić information content (AvgIpc) is 3.20. The predicted molar refractivity (Wildman–Crippen MR) is 142 cm³/mol. The summed E-state index contributed by atoms with van der Waals surface area (Å²) in [6, 6.07) is 17.2. The minimum absolute atomic E-state index is 0.0535. The number of aromatic nitrogens is 4. The molecule has 5 rings (SSSR count). The normalized spacial score (nSPS) is 12.7. The molecule has 0 radical (unpaired) electrons. The third-order valence-corrected chi connectivity index (χ3v) is 7.21. The molecule has 0 aliphatic carbocycles. The first-order chi connectivity index (χ1) is 18.6. The summed E-state index contributed by atoms with van der Waals surface area (Å²) >= 11 is 1.08. The quantitative estimate of drug-likeness (QED) is 0.189. The van der Waals surface area contributed by atoms with E-state index in [1.165, 1.54) is 18.2 Å². The molecule has 200 valence electrons. The summed E-state index contributed by atoms with van der Waals surface area (Å²) in [5.74, 6) is -0.717. The lowest BCUT2D eigenvalue weighted by molar-refractivity contribution is -0.137. The van der Waals surface area contributed by atoms with Gasteiger partial charge in [0.15, 0.2) is 5.65 Å². The van der Waals surface area contributed by atoms with Gasteiger partial charge in [0.2, 0.25) is 11.1 Å². The summed E-state index contributed by atoms with van der Waals surface area (Å²) in [5, 5.41) is 11.7. The average molecular weight is 554 g/mol. The summed E-state index contributed by atoms with van der Waals surface area (Å²) < 4.78 is 55.3. The van der Waals surface area contributed by atoms with Gasteiger partial charge in [-0.05, 0) is 49.7 Å². The number of nitrogens with one attached hydrogen (secondary N) is 1. The van der Waals surface area contributed by atoms with Gasteiger partial charge in [0.25, 0.3) is 0 Å². The Morgan fingerprint density at radius 1 is 1.05 bits per heavy atom. The van der Waals surface area contributed by atoms with Crippen LogP contribution in [-0.2, 0) is 24.1 Å². The van der Waals surface area contributed by atoms with Crippen LogP contribution in [0.5, 0.6) is 0 Å². The maximum atomic E-state index is 14.5. The van der Waals surface area contributed by atoms with Crippen molar-refractivity contribution in [2.24, 2.45) is 0 Å². The van der Waals surface area contributed by atoms with E-state index in [2.05, 4.69) is 20.5 Å². The third-order valence-electron chi connectivity index (χ3n) is 6.26. The van der Waals surface area contributed by atoms with E-state index in [0.717, 1.165) is 40.4 Å². The number of carbonyl (C=O) groups is 1. The molecule has 0 bridgehead atoms. The Hall–Kier alpha value is -3.99. The summed E-state index contributed by atoms with van der Waals surface area (Å²) in [5.41, 5.74) is 2.98. The van der Waals surface area contributed by atoms with Crippen LogP contribution in [0.1, 0.15) is 29.2 Å². The third kappa shape index (κ3) is 5.73. The van der Waals surface area contributed by atoms with Crippen LogP contribution in [0, 0.1) is 12.7 Å². The SMILES string of the molecule is Cc1ccc2c(c1)c1nnc(SC(C)C(=O)NCc3cccc(C(F)(F)F)c3)nc1n2Cc1ccccc1F. The fourth-order valence-corrected chi connectivity index (χ4v) is 5.00. The summed E-state index contributed by atoms with van der Waals surface area (Å²) in [7, 11) is 0. The highest BCUT2D eigenvalue weighted by atomic mass is 32.2. The maximum absolute atomic E-state index is 14.5. The molecule has 0 fully saturated rings. The molecular formula is C28H23F4N5OS. The molecule has 1 N–H and O–H groups in total. The second-order valence-corrected chi connectivity index (χ2v) is 10.4. The highest BCUT2D eigenvalue weighted by Crippen LogP contribution is 2.31. The Morgan fingerprint density at radius 3 is 2.62 bits per heavy atom. The van der Waals surface area contributed by atoms with Gasteiger partial charge >= 0.3 is 6.18 Å². The van der Waals surface area contributed by atoms with Crippen molar-refractivity contribution in [3.05, 3.63) is 94.8 Å². The molecule has 3 aromatic carbocycles. The van der Waals surface area contributed by atoms with Gasteiger partial charge in [0.1, 0.15) is 11.3 Å². The largest absolute Gasteiger partial charge is 0.416 e. The van der Waals surface area contributed by atoms with Crippen molar-refractivity contribution >= 4 is 39.7 Å². The van der Waals surface area contributed by atoms with Gasteiger partial charge in [0, 0.05) is 17.5 Å². The van der Waals surface area contributed by atoms with Crippen LogP contribution in [-0.4, -0.2) is 30.9 Å². The Bertz CT molecular complexity index is 1680. The zero-order chi connectivity index (χ0) is 27.7. The number of fused-ring (bicyclic) bond motifs is 3. The number of hydrogen-bond acceptors (Lipinski definition) is 5. The van der Waals surface area contributed by atoms with Crippen LogP contribution >= 0.6 is 11.8 Å². The predicted octanol–water partition coefficient (Wildman–Crippen LogP) is 6.29. The minimum atomic E-state index is -4.46. The number of thioether (sulfide) groups is 1. The number of nitrogens with zero attached hydrogens (tertiary/aromatic N) is 4. The van der Waals surface area contributed by atoms with E-state index in [1.54, 1.807) is 25.1 Å². The van der Waals surface area contributed by atoms with Gasteiger partial charge < -0.3 is 9.88 Å². The number of amides is 1. The standard InChI is InChI=1S/C28H23F4N5OS/c1-16-10-11-23-21(12-16)24-25(37(23)15-19-7-3-4-9-22(19)29)34-27(36-35-24)39-17(2)26(38)33-14-18-6-5-8-20(13-18)28(30,31)32/h3-13,17H,14-15H2,1-2H3,(H,33,38). The van der Waals surface area contributed by atoms with Gasteiger partial charge in [-0.1, -0.05) is 53.7 Å². The molecular weight excluding hydrogens is 530 g/mol. The first kappa shape index (κ1) is 26.6. The number of halogens is 4. The molecule has 1 amide bonds. The van der Waals surface area contributed by atoms with Crippen LogP contribution < -0.4 is 5.32 Å². The zero-order valence-corrected chi connectivity index (χ0v) is 21.8. The Labute approximate surface area is 225 Å². The van der Waals surface area contributed by atoms with Crippen LogP contribution in [0.3, 0.4) is 0 Å². The van der Waals surface area contributed by atoms with Gasteiger partial charge in [-0.3, -0.25) is 4.79 Å². The monoisotopic (exact) mass is 553 g/mol. The number of hydrogen-bond donors (Lipinski definition) is 1. The number of aryl methyl sites for hydroxylation is 1. The number of benzene rings is 3. The van der Waals surface area contributed by atoms with Crippen molar-refractivity contribution in [2.75, 3.05) is 0 Å². The van der Waals surface area contributed by atoms with Crippen molar-refractivity contribution in [3.63, 3.8) is 0 Å². The lowest BCUT2D eigenvalue weighted by Crippen LogP contribution is -2.30. The molecule has 0 aliphatic rings. The van der Waals surface area contributed by atoms with Gasteiger partial charge in [-0.15, -0.1) is 10.2 Å². The van der Waals surface area contributed by atoms with Crippen molar-refractivity contribution in [1.29, 1.82) is 0 Å². The molecule has 1 atom stereocenters. The lowest BCUT2D eigenvalue weighted by Gasteiger charge is -2.13. The van der Waals surface area contributed by atoms with E-state index < -0.39 is 17.0 Å². The number of rotatable bonds is 7. The Kier molecular flexibility index (Phi) is 7.26. The van der Waals surface area contributed by atoms with Crippen LogP contribution in [0.15, 0.2) is 71.9 Å². The smallest absolute Gasteiger partial charge is 0.351 e. The Balaban J connectivity index is 1.38. The molecule has 0 spiro atoms. The highest BCUT2D eigenvalue weighted by molar-refractivity contribution is 8.00.